The van der Waals surface area contributed by atoms with Crippen molar-refractivity contribution in [2.45, 2.75) is 32.0 Å². The van der Waals surface area contributed by atoms with E-state index in [1.165, 1.54) is 13.3 Å². The summed E-state index contributed by atoms with van der Waals surface area (Å²) in [5.41, 5.74) is -1.01. The summed E-state index contributed by atoms with van der Waals surface area (Å²) in [5.74, 6) is 1.15. The zero-order valence-electron chi connectivity index (χ0n) is 15.5. The molecule has 3 rings (SSSR count). The summed E-state index contributed by atoms with van der Waals surface area (Å²) in [5, 5.41) is 0.616. The Hall–Kier alpha value is -2.54. The number of carbonyl (C=O) groups is 1. The van der Waals surface area contributed by atoms with Crippen LogP contribution in [0.5, 0.6) is 17.5 Å². The molecule has 2 heterocycles. The second-order valence-corrected chi connectivity index (χ2v) is 7.15. The van der Waals surface area contributed by atoms with Gasteiger partial charge in [-0.1, -0.05) is 11.6 Å². The smallest absolute Gasteiger partial charge is 0.278 e. The fourth-order valence-electron chi connectivity index (χ4n) is 2.92. The monoisotopic (exact) mass is 391 g/mol. The number of rotatable bonds is 6. The zero-order chi connectivity index (χ0) is 19.4. The third kappa shape index (κ3) is 4.60. The van der Waals surface area contributed by atoms with Crippen molar-refractivity contribution in [1.29, 1.82) is 0 Å². The third-order valence-corrected chi connectivity index (χ3v) is 4.49. The number of hydrogen-bond donors (Lipinski definition) is 0. The highest BCUT2D eigenvalue weighted by molar-refractivity contribution is 6.30. The van der Waals surface area contributed by atoms with Gasteiger partial charge < -0.3 is 19.1 Å². The second-order valence-electron chi connectivity index (χ2n) is 6.72. The van der Waals surface area contributed by atoms with Crippen LogP contribution in [0.15, 0.2) is 36.7 Å². The third-order valence-electron chi connectivity index (χ3n) is 4.24. The maximum absolute atomic E-state index is 12.9. The Morgan fingerprint density at radius 1 is 1.19 bits per heavy atom. The van der Waals surface area contributed by atoms with Crippen LogP contribution in [0.25, 0.3) is 0 Å². The van der Waals surface area contributed by atoms with E-state index >= 15 is 0 Å². The van der Waals surface area contributed by atoms with Gasteiger partial charge in [-0.05, 0) is 38.1 Å². The zero-order valence-corrected chi connectivity index (χ0v) is 16.3. The fourth-order valence-corrected chi connectivity index (χ4v) is 3.05. The fraction of sp³-hybridized carbons (Fsp3) is 0.421. The van der Waals surface area contributed by atoms with Gasteiger partial charge in [0.05, 0.1) is 13.7 Å². The summed E-state index contributed by atoms with van der Waals surface area (Å²) in [6.07, 6.45) is 3.60. The average molecular weight is 392 g/mol. The van der Waals surface area contributed by atoms with E-state index in [4.69, 9.17) is 25.8 Å². The summed E-state index contributed by atoms with van der Waals surface area (Å²) in [6.45, 7) is 4.54. The molecule has 0 radical (unpaired) electrons. The Balaban J connectivity index is 1.61. The average Bonchev–Trinajstić information content (AvgIpc) is 3.11. The number of likely N-dealkylation sites (tertiary alicyclic amines) is 1. The van der Waals surface area contributed by atoms with Gasteiger partial charge in [0, 0.05) is 30.4 Å². The van der Waals surface area contributed by atoms with Gasteiger partial charge in [-0.15, -0.1) is 0 Å². The Labute approximate surface area is 163 Å². The van der Waals surface area contributed by atoms with Gasteiger partial charge in [0.1, 0.15) is 11.9 Å². The number of halogens is 1. The Morgan fingerprint density at radius 2 is 1.85 bits per heavy atom. The molecule has 0 N–H and O–H groups in total. The molecule has 1 amide bonds. The lowest BCUT2D eigenvalue weighted by molar-refractivity contribution is -0.144. The summed E-state index contributed by atoms with van der Waals surface area (Å²) in [7, 11) is 1.51. The van der Waals surface area contributed by atoms with Gasteiger partial charge >= 0.3 is 0 Å². The largest absolute Gasteiger partial charge is 0.478 e. The van der Waals surface area contributed by atoms with Crippen LogP contribution in [0.4, 0.5) is 0 Å². The normalized spacial score (nSPS) is 16.9. The van der Waals surface area contributed by atoms with Crippen molar-refractivity contribution in [3.8, 4) is 17.5 Å². The van der Waals surface area contributed by atoms with E-state index in [1.807, 2.05) is 0 Å². The Bertz CT molecular complexity index is 798. The highest BCUT2D eigenvalue weighted by Crippen LogP contribution is 2.27. The van der Waals surface area contributed by atoms with Crippen LogP contribution >= 0.6 is 11.6 Å². The number of benzene rings is 1. The van der Waals surface area contributed by atoms with E-state index in [9.17, 15) is 4.79 Å². The van der Waals surface area contributed by atoms with Crippen LogP contribution < -0.4 is 14.2 Å². The van der Waals surface area contributed by atoms with Crippen molar-refractivity contribution in [2.24, 2.45) is 0 Å². The molecule has 1 aromatic carbocycles. The molecule has 7 nitrogen and oxygen atoms in total. The van der Waals surface area contributed by atoms with Crippen molar-refractivity contribution in [2.75, 3.05) is 20.2 Å². The lowest BCUT2D eigenvalue weighted by atomic mass is 10.1. The molecule has 1 atom stereocenters. The highest BCUT2D eigenvalue weighted by atomic mass is 35.5. The minimum Gasteiger partial charge on any atom is -0.478 e. The van der Waals surface area contributed by atoms with Crippen molar-refractivity contribution >= 4 is 17.5 Å². The first-order chi connectivity index (χ1) is 12.9. The molecule has 0 spiro atoms. The van der Waals surface area contributed by atoms with E-state index in [0.717, 1.165) is 0 Å². The predicted octanol–water partition coefficient (Wildman–Crippen LogP) is 2.98. The van der Waals surface area contributed by atoms with Crippen molar-refractivity contribution in [3.63, 3.8) is 0 Å². The maximum Gasteiger partial charge on any atom is 0.278 e. The number of hydrogen-bond acceptors (Lipinski definition) is 6. The molecule has 1 fully saturated rings. The number of aromatic nitrogens is 2. The van der Waals surface area contributed by atoms with Crippen LogP contribution in [0.2, 0.25) is 5.02 Å². The second kappa shape index (κ2) is 8.00. The molecular weight excluding hydrogens is 370 g/mol. The van der Waals surface area contributed by atoms with Crippen LogP contribution in [-0.2, 0) is 4.79 Å². The lowest BCUT2D eigenvalue weighted by Crippen LogP contribution is -2.48. The molecule has 8 heteroatoms. The van der Waals surface area contributed by atoms with Crippen molar-refractivity contribution < 1.29 is 19.0 Å². The van der Waals surface area contributed by atoms with Gasteiger partial charge in [-0.25, -0.2) is 9.97 Å². The summed E-state index contributed by atoms with van der Waals surface area (Å²) < 4.78 is 16.9. The van der Waals surface area contributed by atoms with Crippen LogP contribution in [0.3, 0.4) is 0 Å². The SMILES string of the molecule is COc1nccnc1OC1CCN(C(=O)C(C)(C)Oc2ccc(Cl)cc2)C1. The molecule has 0 aliphatic carbocycles. The number of ether oxygens (including phenoxy) is 3. The number of nitrogens with zero attached hydrogens (tertiary/aromatic N) is 3. The van der Waals surface area contributed by atoms with Gasteiger partial charge in [-0.2, -0.15) is 0 Å². The van der Waals surface area contributed by atoms with Crippen molar-refractivity contribution in [1.82, 2.24) is 14.9 Å². The Morgan fingerprint density at radius 3 is 2.52 bits per heavy atom. The highest BCUT2D eigenvalue weighted by Gasteiger charge is 2.38. The van der Waals surface area contributed by atoms with E-state index < -0.39 is 5.60 Å². The molecule has 2 aromatic rings. The van der Waals surface area contributed by atoms with Gasteiger partial charge in [0.15, 0.2) is 5.60 Å². The molecule has 1 aromatic heterocycles. The van der Waals surface area contributed by atoms with Crippen molar-refractivity contribution in [3.05, 3.63) is 41.7 Å². The molecule has 1 aliphatic heterocycles. The lowest BCUT2D eigenvalue weighted by Gasteiger charge is -2.30. The number of carbonyl (C=O) groups excluding carboxylic acids is 1. The van der Waals surface area contributed by atoms with Crippen LogP contribution in [0, 0.1) is 0 Å². The first kappa shape index (κ1) is 19.2. The molecule has 1 saturated heterocycles. The molecule has 0 saturated carbocycles. The standard InChI is InChI=1S/C19H22ClN3O4/c1-19(2,27-14-6-4-13(20)5-7-14)18(24)23-11-8-15(12-23)26-17-16(25-3)21-9-10-22-17/h4-7,9-10,15H,8,11-12H2,1-3H3. The van der Waals surface area contributed by atoms with Crippen LogP contribution in [0.1, 0.15) is 20.3 Å². The molecule has 27 heavy (non-hydrogen) atoms. The van der Waals surface area contributed by atoms with Gasteiger partial charge in [-0.3, -0.25) is 4.79 Å². The van der Waals surface area contributed by atoms with Gasteiger partial charge in [0.25, 0.3) is 17.7 Å². The summed E-state index contributed by atoms with van der Waals surface area (Å²) in [4.78, 5) is 22.9. The summed E-state index contributed by atoms with van der Waals surface area (Å²) in [6, 6.07) is 6.94. The topological polar surface area (TPSA) is 73.8 Å². The van der Waals surface area contributed by atoms with E-state index in [2.05, 4.69) is 9.97 Å². The number of amides is 1. The molecule has 1 aliphatic rings. The summed E-state index contributed by atoms with van der Waals surface area (Å²) >= 11 is 5.89. The Kier molecular flexibility index (Phi) is 5.70. The molecule has 0 bridgehead atoms. The maximum atomic E-state index is 12.9. The quantitative estimate of drug-likeness (QED) is 0.753. The minimum absolute atomic E-state index is 0.102. The molecule has 144 valence electrons. The first-order valence-corrected chi connectivity index (χ1v) is 9.02. The first-order valence-electron chi connectivity index (χ1n) is 8.64. The predicted molar refractivity (Wildman–Crippen MR) is 100 cm³/mol. The molecular formula is C19H22ClN3O4. The van der Waals surface area contributed by atoms with E-state index in [0.29, 0.717) is 42.0 Å². The van der Waals surface area contributed by atoms with Gasteiger partial charge in [0.2, 0.25) is 0 Å². The van der Waals surface area contributed by atoms with Crippen LogP contribution in [-0.4, -0.2) is 52.7 Å². The minimum atomic E-state index is -1.01. The van der Waals surface area contributed by atoms with E-state index in [1.54, 1.807) is 49.2 Å². The van der Waals surface area contributed by atoms with E-state index in [-0.39, 0.29) is 12.0 Å². The molecule has 1 unspecified atom stereocenters. The number of methoxy groups -OCH3 is 1.